The fourth-order valence-corrected chi connectivity index (χ4v) is 2.63. The van der Waals surface area contributed by atoms with Crippen molar-refractivity contribution in [3.8, 4) is 0 Å². The molecule has 1 N–H and O–H groups in total. The Morgan fingerprint density at radius 3 is 2.45 bits per heavy atom. The molecule has 0 fully saturated rings. The maximum Gasteiger partial charge on any atom is 0.145 e. The van der Waals surface area contributed by atoms with E-state index in [9.17, 15) is 9.50 Å². The molecule has 2 aromatic rings. The zero-order chi connectivity index (χ0) is 14.9. The van der Waals surface area contributed by atoms with Gasteiger partial charge in [-0.25, -0.2) is 4.39 Å². The van der Waals surface area contributed by atoms with Gasteiger partial charge in [0.15, 0.2) is 0 Å². The highest BCUT2D eigenvalue weighted by Crippen LogP contribution is 2.28. The van der Waals surface area contributed by atoms with Crippen LogP contribution in [0.3, 0.4) is 0 Å². The maximum absolute atomic E-state index is 13.8. The normalized spacial score (nSPS) is 12.5. The molecule has 0 radical (unpaired) electrons. The summed E-state index contributed by atoms with van der Waals surface area (Å²) < 4.78 is 14.9. The molecule has 106 valence electrons. The molecule has 1 unspecified atom stereocenters. The van der Waals surface area contributed by atoms with E-state index in [0.29, 0.717) is 5.56 Å². The summed E-state index contributed by atoms with van der Waals surface area (Å²) in [5.74, 6) is -0.459. The van der Waals surface area contributed by atoms with Crippen molar-refractivity contribution < 1.29 is 9.50 Å². The van der Waals surface area contributed by atoms with Crippen LogP contribution in [-0.2, 0) is 6.42 Å². The molecule has 2 rings (SSSR count). The lowest BCUT2D eigenvalue weighted by molar-refractivity contribution is 0.177. The van der Waals surface area contributed by atoms with Gasteiger partial charge in [-0.05, 0) is 42.2 Å². The number of aryl methyl sites for hydroxylation is 2. The maximum atomic E-state index is 13.8. The molecule has 0 aromatic heterocycles. The molecule has 20 heavy (non-hydrogen) atoms. The molecule has 2 aromatic carbocycles. The summed E-state index contributed by atoms with van der Waals surface area (Å²) in [6, 6.07) is 8.64. The van der Waals surface area contributed by atoms with Gasteiger partial charge in [-0.1, -0.05) is 51.8 Å². The highest BCUT2D eigenvalue weighted by molar-refractivity contribution is 9.10. The number of hydrogen-bond acceptors (Lipinski definition) is 1. The van der Waals surface area contributed by atoms with E-state index in [0.717, 1.165) is 21.2 Å². The minimum atomic E-state index is -0.756. The Morgan fingerprint density at radius 1 is 1.25 bits per heavy atom. The Bertz CT molecular complexity index is 619. The van der Waals surface area contributed by atoms with Crippen LogP contribution in [0, 0.1) is 19.7 Å². The molecule has 0 aliphatic carbocycles. The Morgan fingerprint density at radius 2 is 1.85 bits per heavy atom. The van der Waals surface area contributed by atoms with Crippen molar-refractivity contribution in [2.45, 2.75) is 26.4 Å². The summed E-state index contributed by atoms with van der Waals surface area (Å²) in [7, 11) is 0. The molecule has 0 bridgehead atoms. The van der Waals surface area contributed by atoms with Crippen molar-refractivity contribution in [3.05, 3.63) is 67.9 Å². The lowest BCUT2D eigenvalue weighted by Gasteiger charge is -2.15. The van der Waals surface area contributed by atoms with Crippen molar-refractivity contribution in [2.24, 2.45) is 0 Å². The average Bonchev–Trinajstić information content (AvgIpc) is 2.40. The molecule has 0 aliphatic rings. The molecule has 0 saturated carbocycles. The van der Waals surface area contributed by atoms with Gasteiger partial charge >= 0.3 is 0 Å². The van der Waals surface area contributed by atoms with Crippen molar-refractivity contribution in [3.63, 3.8) is 0 Å². The van der Waals surface area contributed by atoms with E-state index in [1.807, 2.05) is 26.0 Å². The van der Waals surface area contributed by atoms with E-state index in [1.165, 1.54) is 6.07 Å². The molecule has 1 nitrogen and oxygen atoms in total. The second-order valence-corrected chi connectivity index (χ2v) is 6.10. The molecular weight excluding hydrogens is 343 g/mol. The van der Waals surface area contributed by atoms with E-state index in [-0.39, 0.29) is 11.4 Å². The van der Waals surface area contributed by atoms with Crippen LogP contribution < -0.4 is 0 Å². The van der Waals surface area contributed by atoms with Gasteiger partial charge in [0.05, 0.1) is 11.1 Å². The van der Waals surface area contributed by atoms with Gasteiger partial charge in [0.2, 0.25) is 0 Å². The second kappa shape index (κ2) is 6.25. The molecule has 1 atom stereocenters. The van der Waals surface area contributed by atoms with Crippen LogP contribution >= 0.6 is 27.5 Å². The number of aliphatic hydroxyl groups excluding tert-OH is 1. The lowest BCUT2D eigenvalue weighted by Crippen LogP contribution is -2.05. The first-order valence-corrected chi connectivity index (χ1v) is 7.45. The van der Waals surface area contributed by atoms with Crippen molar-refractivity contribution in [2.75, 3.05) is 0 Å². The van der Waals surface area contributed by atoms with Gasteiger partial charge in [0.1, 0.15) is 5.82 Å². The number of benzene rings is 2. The molecular formula is C16H15BrClFO. The van der Waals surface area contributed by atoms with Crippen molar-refractivity contribution >= 4 is 27.5 Å². The van der Waals surface area contributed by atoms with Crippen LogP contribution in [0.2, 0.25) is 5.02 Å². The smallest absolute Gasteiger partial charge is 0.145 e. The summed E-state index contributed by atoms with van der Waals surface area (Å²) in [4.78, 5) is 0. The van der Waals surface area contributed by atoms with E-state index < -0.39 is 11.9 Å². The Balaban J connectivity index is 2.28. The van der Waals surface area contributed by atoms with Gasteiger partial charge in [-0.3, -0.25) is 0 Å². The van der Waals surface area contributed by atoms with Gasteiger partial charge in [-0.15, -0.1) is 0 Å². The van der Waals surface area contributed by atoms with Crippen LogP contribution in [0.4, 0.5) is 4.39 Å². The highest BCUT2D eigenvalue weighted by Gasteiger charge is 2.15. The van der Waals surface area contributed by atoms with Gasteiger partial charge < -0.3 is 5.11 Å². The molecule has 0 amide bonds. The third-order valence-electron chi connectivity index (χ3n) is 3.29. The summed E-state index contributed by atoms with van der Waals surface area (Å²) in [6.07, 6.45) is -0.555. The third kappa shape index (κ3) is 3.22. The largest absolute Gasteiger partial charge is 0.388 e. The molecule has 0 heterocycles. The van der Waals surface area contributed by atoms with Gasteiger partial charge in [-0.2, -0.15) is 0 Å². The van der Waals surface area contributed by atoms with E-state index in [1.54, 1.807) is 12.1 Å². The van der Waals surface area contributed by atoms with Crippen molar-refractivity contribution in [1.29, 1.82) is 0 Å². The van der Waals surface area contributed by atoms with E-state index in [4.69, 9.17) is 11.6 Å². The van der Waals surface area contributed by atoms with Crippen molar-refractivity contribution in [1.82, 2.24) is 0 Å². The first-order chi connectivity index (χ1) is 9.40. The zero-order valence-corrected chi connectivity index (χ0v) is 13.6. The summed E-state index contributed by atoms with van der Waals surface area (Å²) >= 11 is 9.24. The fourth-order valence-electron chi connectivity index (χ4n) is 2.20. The summed E-state index contributed by atoms with van der Waals surface area (Å²) in [5.41, 5.74) is 3.29. The predicted molar refractivity (Wildman–Crippen MR) is 83.7 cm³/mol. The van der Waals surface area contributed by atoms with Crippen LogP contribution in [0.25, 0.3) is 0 Å². The predicted octanol–water partition coefficient (Wildman–Crippen LogP) is 5.13. The number of halogens is 3. The minimum Gasteiger partial charge on any atom is -0.388 e. The molecule has 0 spiro atoms. The summed E-state index contributed by atoms with van der Waals surface area (Å²) in [5, 5.41) is 10.4. The number of aliphatic hydroxyl groups is 1. The first-order valence-electron chi connectivity index (χ1n) is 6.27. The molecule has 4 heteroatoms. The molecule has 0 aliphatic heterocycles. The average molecular weight is 358 g/mol. The quantitative estimate of drug-likeness (QED) is 0.807. The van der Waals surface area contributed by atoms with Gasteiger partial charge in [0, 0.05) is 10.9 Å². The van der Waals surface area contributed by atoms with Crippen LogP contribution in [0.1, 0.15) is 28.4 Å². The van der Waals surface area contributed by atoms with Crippen LogP contribution in [-0.4, -0.2) is 5.11 Å². The SMILES string of the molecule is Cc1cc(C(O)Cc2cccc(Cl)c2F)cc(C)c1Br. The second-order valence-electron chi connectivity index (χ2n) is 4.90. The number of rotatable bonds is 3. The van der Waals surface area contributed by atoms with Crippen LogP contribution in [0.5, 0.6) is 0 Å². The third-order valence-corrected chi connectivity index (χ3v) is 4.83. The topological polar surface area (TPSA) is 20.2 Å². The Labute approximate surface area is 131 Å². The minimum absolute atomic E-state index is 0.0814. The fraction of sp³-hybridized carbons (Fsp3) is 0.250. The Kier molecular flexibility index (Phi) is 4.84. The Hall–Kier alpha value is -0.900. The van der Waals surface area contributed by atoms with Gasteiger partial charge in [0.25, 0.3) is 0 Å². The zero-order valence-electron chi connectivity index (χ0n) is 11.3. The molecule has 0 saturated heterocycles. The number of hydrogen-bond donors (Lipinski definition) is 1. The standard InChI is InChI=1S/C16H15BrClFO/c1-9-6-12(7-10(2)15(9)17)14(20)8-11-4-3-5-13(18)16(11)19/h3-7,14,20H,8H2,1-2H3. The summed E-state index contributed by atoms with van der Waals surface area (Å²) in [6.45, 7) is 3.93. The van der Waals surface area contributed by atoms with E-state index in [2.05, 4.69) is 15.9 Å². The van der Waals surface area contributed by atoms with E-state index >= 15 is 0 Å². The highest BCUT2D eigenvalue weighted by atomic mass is 79.9. The first kappa shape index (κ1) is 15.5. The monoisotopic (exact) mass is 356 g/mol. The van der Waals surface area contributed by atoms with Crippen LogP contribution in [0.15, 0.2) is 34.8 Å². The lowest BCUT2D eigenvalue weighted by atomic mass is 9.98.